The van der Waals surface area contributed by atoms with E-state index in [1.54, 1.807) is 43.3 Å². The van der Waals surface area contributed by atoms with Gasteiger partial charge in [0.2, 0.25) is 10.0 Å². The molecule has 0 bridgehead atoms. The Labute approximate surface area is 198 Å². The molecule has 2 rings (SSSR count). The Morgan fingerprint density at radius 1 is 0.968 bits per heavy atom. The van der Waals surface area contributed by atoms with Crippen LogP contribution in [0.15, 0.2) is 58.4 Å². The van der Waals surface area contributed by atoms with Crippen LogP contribution in [0.25, 0.3) is 0 Å². The van der Waals surface area contributed by atoms with Gasteiger partial charge in [-0.3, -0.25) is 4.99 Å². The van der Waals surface area contributed by atoms with Crippen LogP contribution in [0.2, 0.25) is 0 Å². The monoisotopic (exact) mass is 570 g/mol. The van der Waals surface area contributed by atoms with E-state index in [0.717, 1.165) is 22.0 Å². The summed E-state index contributed by atoms with van der Waals surface area (Å²) in [5.74, 6) is 0.555. The molecule has 0 atom stereocenters. The van der Waals surface area contributed by atoms with Gasteiger partial charge in [0.05, 0.1) is 10.5 Å². The molecular formula is C20H26F3IN4O2S. The van der Waals surface area contributed by atoms with Crippen molar-refractivity contribution in [1.29, 1.82) is 0 Å². The second kappa shape index (κ2) is 11.1. The third kappa shape index (κ3) is 7.35. The van der Waals surface area contributed by atoms with Gasteiger partial charge < -0.3 is 10.2 Å². The first-order valence-electron chi connectivity index (χ1n) is 9.04. The van der Waals surface area contributed by atoms with Crippen LogP contribution in [-0.4, -0.2) is 51.8 Å². The Morgan fingerprint density at radius 2 is 1.48 bits per heavy atom. The fourth-order valence-corrected chi connectivity index (χ4v) is 3.61. The second-order valence-corrected chi connectivity index (χ2v) is 9.03. The van der Waals surface area contributed by atoms with Crippen molar-refractivity contribution >= 4 is 40.0 Å². The van der Waals surface area contributed by atoms with Crippen LogP contribution in [0.5, 0.6) is 0 Å². The number of alkyl halides is 3. The zero-order valence-corrected chi connectivity index (χ0v) is 20.8. The molecule has 2 aromatic carbocycles. The minimum Gasteiger partial charge on any atom is -0.352 e. The summed E-state index contributed by atoms with van der Waals surface area (Å²) in [5.41, 5.74) is 0.889. The summed E-state index contributed by atoms with van der Waals surface area (Å²) in [6.07, 6.45) is -4.36. The van der Waals surface area contributed by atoms with E-state index in [-0.39, 0.29) is 28.9 Å². The van der Waals surface area contributed by atoms with Crippen LogP contribution in [-0.2, 0) is 29.3 Å². The number of guanidine groups is 1. The van der Waals surface area contributed by atoms with Gasteiger partial charge in [0.25, 0.3) is 0 Å². The van der Waals surface area contributed by atoms with E-state index in [9.17, 15) is 21.6 Å². The minimum absolute atomic E-state index is 0. The molecule has 6 nitrogen and oxygen atoms in total. The van der Waals surface area contributed by atoms with Gasteiger partial charge >= 0.3 is 6.18 Å². The van der Waals surface area contributed by atoms with Gasteiger partial charge in [0.15, 0.2) is 5.96 Å². The van der Waals surface area contributed by atoms with Gasteiger partial charge in [-0.2, -0.15) is 13.2 Å². The number of aliphatic imine (C=N–C) groups is 1. The predicted molar refractivity (Wildman–Crippen MR) is 126 cm³/mol. The molecule has 2 aromatic rings. The largest absolute Gasteiger partial charge is 0.416 e. The van der Waals surface area contributed by atoms with Crippen molar-refractivity contribution in [2.45, 2.75) is 24.2 Å². The van der Waals surface area contributed by atoms with Gasteiger partial charge in [-0.15, -0.1) is 24.0 Å². The highest BCUT2D eigenvalue weighted by Crippen LogP contribution is 2.29. The molecule has 0 fully saturated rings. The molecule has 0 aliphatic carbocycles. The first kappa shape index (κ1) is 27.2. The summed E-state index contributed by atoms with van der Waals surface area (Å²) in [6.45, 7) is 0.782. The summed E-state index contributed by atoms with van der Waals surface area (Å²) in [4.78, 5) is 6.18. The van der Waals surface area contributed by atoms with Crippen molar-refractivity contribution < 1.29 is 21.6 Å². The molecule has 0 aliphatic heterocycles. The van der Waals surface area contributed by atoms with Crippen LogP contribution >= 0.6 is 24.0 Å². The zero-order valence-electron chi connectivity index (χ0n) is 17.6. The molecule has 0 saturated carbocycles. The highest BCUT2D eigenvalue weighted by Gasteiger charge is 2.30. The van der Waals surface area contributed by atoms with E-state index in [0.29, 0.717) is 24.6 Å². The molecule has 0 spiro atoms. The summed E-state index contributed by atoms with van der Waals surface area (Å²) >= 11 is 0. The Hall–Kier alpha value is -1.86. The van der Waals surface area contributed by atoms with Crippen LogP contribution in [0.4, 0.5) is 13.2 Å². The fourth-order valence-electron chi connectivity index (χ4n) is 2.70. The molecule has 1 N–H and O–H groups in total. The molecule has 0 heterocycles. The maximum atomic E-state index is 12.7. The Balaban J connectivity index is 0.00000480. The molecule has 31 heavy (non-hydrogen) atoms. The molecule has 0 radical (unpaired) electrons. The lowest BCUT2D eigenvalue weighted by atomic mass is 10.1. The van der Waals surface area contributed by atoms with E-state index in [1.165, 1.54) is 26.2 Å². The summed E-state index contributed by atoms with van der Waals surface area (Å²) in [6, 6.07) is 11.5. The van der Waals surface area contributed by atoms with Crippen LogP contribution in [0.1, 0.15) is 16.7 Å². The van der Waals surface area contributed by atoms with Crippen molar-refractivity contribution in [3.05, 3.63) is 65.2 Å². The topological polar surface area (TPSA) is 65.0 Å². The third-order valence-corrected chi connectivity index (χ3v) is 6.26. The first-order valence-corrected chi connectivity index (χ1v) is 10.5. The van der Waals surface area contributed by atoms with Crippen molar-refractivity contribution in [2.75, 3.05) is 28.2 Å². The lowest BCUT2D eigenvalue weighted by Crippen LogP contribution is -2.38. The Kier molecular flexibility index (Phi) is 9.76. The number of nitrogens with zero attached hydrogens (tertiary/aromatic N) is 3. The lowest BCUT2D eigenvalue weighted by Gasteiger charge is -2.22. The number of halogens is 4. The normalized spacial score (nSPS) is 12.5. The number of hydrogen-bond donors (Lipinski definition) is 1. The molecule has 0 saturated heterocycles. The van der Waals surface area contributed by atoms with Gasteiger partial charge in [-0.25, -0.2) is 12.7 Å². The van der Waals surface area contributed by atoms with Crippen LogP contribution in [0.3, 0.4) is 0 Å². The number of benzene rings is 2. The average Bonchev–Trinajstić information content (AvgIpc) is 2.68. The SMILES string of the molecule is CN=C(NCc1ccc(S(=O)(=O)N(C)C)cc1)N(C)Cc1ccc(C(F)(F)F)cc1.I. The maximum Gasteiger partial charge on any atom is 0.416 e. The van der Waals surface area contributed by atoms with E-state index in [1.807, 2.05) is 0 Å². The van der Waals surface area contributed by atoms with Crippen molar-refractivity contribution in [2.24, 2.45) is 4.99 Å². The molecule has 172 valence electrons. The van der Waals surface area contributed by atoms with Gasteiger partial charge in [-0.05, 0) is 35.4 Å². The fraction of sp³-hybridized carbons (Fsp3) is 0.350. The van der Waals surface area contributed by atoms with Crippen molar-refractivity contribution in [3.8, 4) is 0 Å². The van der Waals surface area contributed by atoms with E-state index >= 15 is 0 Å². The van der Waals surface area contributed by atoms with Crippen LogP contribution < -0.4 is 5.32 Å². The molecular weight excluding hydrogens is 544 g/mol. The Morgan fingerprint density at radius 3 is 1.94 bits per heavy atom. The summed E-state index contributed by atoms with van der Waals surface area (Å²) < 4.78 is 63.4. The predicted octanol–water partition coefficient (Wildman–Crippen LogP) is 3.78. The second-order valence-electron chi connectivity index (χ2n) is 6.88. The molecule has 0 aliphatic rings. The van der Waals surface area contributed by atoms with Crippen LogP contribution in [0, 0.1) is 0 Å². The van der Waals surface area contributed by atoms with Crippen molar-refractivity contribution in [1.82, 2.24) is 14.5 Å². The molecule has 0 amide bonds. The van der Waals surface area contributed by atoms with E-state index in [4.69, 9.17) is 0 Å². The molecule has 11 heteroatoms. The lowest BCUT2D eigenvalue weighted by molar-refractivity contribution is -0.137. The van der Waals surface area contributed by atoms with Gasteiger partial charge in [-0.1, -0.05) is 24.3 Å². The summed E-state index contributed by atoms with van der Waals surface area (Å²) in [7, 11) is 2.85. The number of sulfonamides is 1. The van der Waals surface area contributed by atoms with Gasteiger partial charge in [0.1, 0.15) is 0 Å². The third-order valence-electron chi connectivity index (χ3n) is 4.43. The quantitative estimate of drug-likeness (QED) is 0.327. The maximum absolute atomic E-state index is 12.7. The van der Waals surface area contributed by atoms with E-state index < -0.39 is 21.8 Å². The molecule has 0 unspecified atom stereocenters. The zero-order chi connectivity index (χ0) is 22.5. The number of nitrogens with one attached hydrogen (secondary N) is 1. The highest BCUT2D eigenvalue weighted by atomic mass is 127. The highest BCUT2D eigenvalue weighted by molar-refractivity contribution is 14.0. The number of rotatable bonds is 6. The first-order chi connectivity index (χ1) is 13.9. The van der Waals surface area contributed by atoms with Crippen molar-refractivity contribution in [3.63, 3.8) is 0 Å². The Bertz CT molecular complexity index is 977. The molecule has 0 aromatic heterocycles. The average molecular weight is 570 g/mol. The number of hydrogen-bond acceptors (Lipinski definition) is 3. The summed E-state index contributed by atoms with van der Waals surface area (Å²) in [5, 5.41) is 3.16. The van der Waals surface area contributed by atoms with E-state index in [2.05, 4.69) is 10.3 Å². The smallest absolute Gasteiger partial charge is 0.352 e. The standard InChI is InChI=1S/C20H25F3N4O2S.HI/c1-24-19(27(4)14-16-5-9-17(10-6-16)20(21,22)23)25-13-15-7-11-18(12-8-15)30(28,29)26(2)3;/h5-12H,13-14H2,1-4H3,(H,24,25);1H. The van der Waals surface area contributed by atoms with Gasteiger partial charge in [0, 0.05) is 41.3 Å². The minimum atomic E-state index is -4.36.